The van der Waals surface area contributed by atoms with Gasteiger partial charge in [0.15, 0.2) is 5.96 Å². The van der Waals surface area contributed by atoms with E-state index in [9.17, 15) is 67.7 Å². The molecular weight excluding hydrogens is 1160 g/mol. The molecule has 1 aromatic carbocycles. The topological polar surface area (TPSA) is 477 Å². The maximum Gasteiger partial charge on any atom is 0.329 e. The van der Waals surface area contributed by atoms with Crippen LogP contribution in [0.25, 0.3) is 0 Å². The minimum absolute atomic E-state index is 0.154. The Morgan fingerprint density at radius 3 is 1.60 bits per heavy atom. The van der Waals surface area contributed by atoms with Crippen LogP contribution in [0.3, 0.4) is 0 Å². The van der Waals surface area contributed by atoms with Crippen molar-refractivity contribution < 1.29 is 72.5 Å². The number of guanidine groups is 1. The average Bonchev–Trinajstić information content (AvgIpc) is 2.92. The van der Waals surface area contributed by atoms with Crippen molar-refractivity contribution in [3.63, 3.8) is 0 Å². The lowest BCUT2D eigenvalue weighted by molar-refractivity contribution is -0.157. The summed E-state index contributed by atoms with van der Waals surface area (Å²) in [6, 6.07) is -5.88. The van der Waals surface area contributed by atoms with E-state index < -0.39 is 193 Å². The molecule has 1 aliphatic rings. The minimum atomic E-state index is -1.83. The molecule has 500 valence electrons. The van der Waals surface area contributed by atoms with E-state index in [1.807, 2.05) is 30.3 Å². The number of carbonyl (C=O) groups excluding carboxylic acids is 12. The van der Waals surface area contributed by atoms with Gasteiger partial charge in [-0.3, -0.25) is 57.7 Å². The van der Waals surface area contributed by atoms with Gasteiger partial charge >= 0.3 is 5.97 Å². The van der Waals surface area contributed by atoms with Crippen LogP contribution < -0.4 is 75.7 Å². The van der Waals surface area contributed by atoms with Crippen molar-refractivity contribution in [1.29, 1.82) is 0 Å². The first kappa shape index (κ1) is 77.1. The molecule has 1 aliphatic heterocycles. The third kappa shape index (κ3) is 25.6. The Morgan fingerprint density at radius 2 is 1.11 bits per heavy atom. The van der Waals surface area contributed by atoms with Crippen molar-refractivity contribution in [2.75, 3.05) is 26.8 Å². The Bertz CT molecular complexity index is 2580. The number of ether oxygens (including phenoxy) is 1. The second-order valence-electron chi connectivity index (χ2n) is 22.8. The van der Waals surface area contributed by atoms with E-state index in [0.717, 1.165) is 5.56 Å². The van der Waals surface area contributed by atoms with Crippen molar-refractivity contribution in [2.24, 2.45) is 45.9 Å². The van der Waals surface area contributed by atoms with Crippen LogP contribution in [0.15, 0.2) is 35.3 Å². The number of aliphatic hydroxyl groups is 2. The van der Waals surface area contributed by atoms with Crippen molar-refractivity contribution in [2.45, 2.75) is 206 Å². The van der Waals surface area contributed by atoms with Gasteiger partial charge in [-0.05, 0) is 75.8 Å². The number of hydrogen-bond acceptors (Lipinski definition) is 17. The highest BCUT2D eigenvalue weighted by molar-refractivity contribution is 5.99. The lowest BCUT2D eigenvalue weighted by atomic mass is 9.94. The van der Waals surface area contributed by atoms with Crippen LogP contribution in [0.2, 0.25) is 0 Å². The molecule has 30 heteroatoms. The zero-order chi connectivity index (χ0) is 67.2. The quantitative estimate of drug-likeness (QED) is 0.0138. The van der Waals surface area contributed by atoms with Gasteiger partial charge < -0.3 is 90.6 Å². The number of esters is 1. The Hall–Kier alpha value is -7.99. The van der Waals surface area contributed by atoms with Gasteiger partial charge in [0, 0.05) is 25.4 Å². The summed E-state index contributed by atoms with van der Waals surface area (Å²) in [5.41, 5.74) is 17.2. The molecule has 0 aromatic heterocycles. The molecule has 0 radical (unpaired) electrons. The normalized spacial score (nSPS) is 21.1. The number of cyclic esters (lactones) is 1. The number of aliphatic imine (C=N–C) groups is 1. The number of aliphatic hydroxyl groups excluding tert-OH is 2. The zero-order valence-corrected chi connectivity index (χ0v) is 53.2. The Balaban J connectivity index is 2.42. The molecular formula is C59H99N15O15. The molecule has 30 nitrogen and oxygen atoms in total. The molecule has 1 aromatic rings. The molecule has 2 rings (SSSR count). The Kier molecular flexibility index (Phi) is 33.9. The van der Waals surface area contributed by atoms with Crippen molar-refractivity contribution in [3.8, 4) is 0 Å². The molecule has 1 heterocycles. The second-order valence-corrected chi connectivity index (χ2v) is 22.8. The average molecular weight is 1260 g/mol. The first-order chi connectivity index (χ1) is 42.0. The van der Waals surface area contributed by atoms with Crippen LogP contribution in [0, 0.1) is 23.7 Å². The van der Waals surface area contributed by atoms with E-state index in [4.69, 9.17) is 21.9 Å². The maximum absolute atomic E-state index is 14.4. The highest BCUT2D eigenvalue weighted by atomic mass is 16.5. The summed E-state index contributed by atoms with van der Waals surface area (Å²) < 4.78 is 5.72. The van der Waals surface area contributed by atoms with Crippen LogP contribution in [0.5, 0.6) is 0 Å². The van der Waals surface area contributed by atoms with Gasteiger partial charge in [-0.2, -0.15) is 0 Å². The molecule has 0 aliphatic carbocycles. The highest BCUT2D eigenvalue weighted by Crippen LogP contribution is 2.17. The van der Waals surface area contributed by atoms with E-state index >= 15 is 0 Å². The molecule has 1 fully saturated rings. The third-order valence-electron chi connectivity index (χ3n) is 15.9. The van der Waals surface area contributed by atoms with Gasteiger partial charge in [-0.15, -0.1) is 0 Å². The number of amides is 11. The summed E-state index contributed by atoms with van der Waals surface area (Å²) >= 11 is 0. The van der Waals surface area contributed by atoms with Crippen LogP contribution in [0.1, 0.15) is 133 Å². The van der Waals surface area contributed by atoms with E-state index in [2.05, 4.69) is 63.5 Å². The molecule has 89 heavy (non-hydrogen) atoms. The summed E-state index contributed by atoms with van der Waals surface area (Å²) in [6.07, 6.45) is -0.433. The number of hydrogen-bond donors (Lipinski definition) is 16. The first-order valence-electron chi connectivity index (χ1n) is 30.5. The number of nitrogens with one attached hydrogen (secondary N) is 11. The van der Waals surface area contributed by atoms with Crippen LogP contribution in [-0.2, 0) is 68.7 Å². The summed E-state index contributed by atoms with van der Waals surface area (Å²) in [4.78, 5) is 169. The minimum Gasteiger partial charge on any atom is -0.458 e. The Labute approximate surface area is 520 Å². The number of primary amides is 1. The number of likely N-dealkylation sites (N-methyl/N-ethyl adjacent to an activating group) is 1. The Morgan fingerprint density at radius 1 is 0.629 bits per heavy atom. The molecule has 1 saturated heterocycles. The van der Waals surface area contributed by atoms with E-state index in [0.29, 0.717) is 25.7 Å². The van der Waals surface area contributed by atoms with E-state index in [1.165, 1.54) is 13.8 Å². The molecule has 0 saturated carbocycles. The molecule has 16 atom stereocenters. The predicted molar refractivity (Wildman–Crippen MR) is 328 cm³/mol. The number of nitrogens with two attached hydrogens (primary N) is 3. The zero-order valence-electron chi connectivity index (χ0n) is 53.2. The molecule has 11 amide bonds. The lowest BCUT2D eigenvalue weighted by Gasteiger charge is -2.32. The van der Waals surface area contributed by atoms with Crippen molar-refractivity contribution >= 4 is 76.9 Å². The fraction of sp³-hybridized carbons (Fsp3) is 0.678. The van der Waals surface area contributed by atoms with Crippen molar-refractivity contribution in [1.82, 2.24) is 58.5 Å². The smallest absolute Gasteiger partial charge is 0.329 e. The second kappa shape index (κ2) is 39.1. The molecule has 0 bridgehead atoms. The van der Waals surface area contributed by atoms with Gasteiger partial charge in [-0.1, -0.05) is 111 Å². The van der Waals surface area contributed by atoms with Gasteiger partial charge in [-0.25, -0.2) is 4.79 Å². The third-order valence-corrected chi connectivity index (χ3v) is 15.9. The number of rotatable bonds is 34. The van der Waals surface area contributed by atoms with Crippen LogP contribution in [-0.4, -0.2) is 186 Å². The summed E-state index contributed by atoms with van der Waals surface area (Å²) in [5, 5.41) is 49.5. The van der Waals surface area contributed by atoms with Gasteiger partial charge in [0.2, 0.25) is 65.0 Å². The van der Waals surface area contributed by atoms with Crippen LogP contribution in [0.4, 0.5) is 0 Å². The van der Waals surface area contributed by atoms with E-state index in [1.54, 1.807) is 62.4 Å². The van der Waals surface area contributed by atoms with Gasteiger partial charge in [0.25, 0.3) is 0 Å². The van der Waals surface area contributed by atoms with Crippen molar-refractivity contribution in [3.05, 3.63) is 35.9 Å². The molecule has 19 N–H and O–H groups in total. The number of benzene rings is 1. The van der Waals surface area contributed by atoms with Gasteiger partial charge in [0.1, 0.15) is 60.5 Å². The summed E-state index contributed by atoms with van der Waals surface area (Å²) in [5.74, 6) is -13.1. The molecule has 0 spiro atoms. The largest absolute Gasteiger partial charge is 0.458 e. The summed E-state index contributed by atoms with van der Waals surface area (Å²) in [6.45, 7) is 14.3. The summed E-state index contributed by atoms with van der Waals surface area (Å²) in [7, 11) is 1.60. The van der Waals surface area contributed by atoms with E-state index in [-0.39, 0.29) is 38.2 Å². The number of nitrogens with zero attached hydrogens (tertiary/aromatic N) is 1. The first-order valence-corrected chi connectivity index (χ1v) is 30.5. The SMILES string of the molecule is CC[C@H](C)[C@H](NC(=O)[C@@H](Cc1ccccc1)NC)C(=O)N[C@@H](CO)C(=O)N[C@H](CCC(N)=O)C(=O)N[C@@H](C(=O)N[C@H](C(=O)N[C@@H](CO)C(=O)N[C@H]1C(=O)N[C@@H](C)C(=O)N[C@@H](CCCN=C(N)N)CC(=O)N[C@@H]([C@@H](C)CC)C(=O)O[C@H]1C)[C@@H](C)CC)[C@@H](C)CC. The monoisotopic (exact) mass is 1260 g/mol. The number of carbonyl (C=O) groups is 12. The molecule has 0 unspecified atom stereocenters. The fourth-order valence-corrected chi connectivity index (χ4v) is 9.34. The highest BCUT2D eigenvalue weighted by Gasteiger charge is 2.40. The predicted octanol–water partition coefficient (Wildman–Crippen LogP) is -3.49. The lowest BCUT2D eigenvalue weighted by Crippen LogP contribution is -2.63. The van der Waals surface area contributed by atoms with Gasteiger partial charge in [0.05, 0.1) is 19.3 Å². The standard InChI is InChI=1S/C59H99N15O15/c1-12-30(5)44(72-51(81)39(63-11)26-36-20-17-16-18-21-36)54(84)68-40(28-75)52(82)67-38(23-24-42(60)77)50(80)71-46(32(7)14-3)56(86)73-45(31(6)13-2)55(85)69-41(29-76)53(83)74-48-35(10)89-58(88)47(33(8)15-4)70-43(78)27-37(22-19-25-64-59(61)62)66-49(79)34(9)65-57(48)87/h16-18,20-21,30-35,37-41,44-48,63,75-76H,12-15,19,22-29H2,1-11H3,(H2,60,77)(H,65,87)(H,66,79)(H,67,82)(H,68,84)(H,69,85)(H,70,78)(H,71,80)(H,72,81)(H,73,86)(H,74,83)(H4,61,62,64)/t30-,31-,32-,33-,34-,35-,37-,38+,39+,40-,41-,44-,45-,46+,47-,48+/m0/s1. The van der Waals surface area contributed by atoms with Crippen LogP contribution >= 0.6 is 0 Å². The fourth-order valence-electron chi connectivity index (χ4n) is 9.34. The maximum atomic E-state index is 14.4.